The molecule has 0 saturated carbocycles. The molecule has 0 atom stereocenters. The van der Waals surface area contributed by atoms with Gasteiger partial charge < -0.3 is 5.32 Å². The van der Waals surface area contributed by atoms with Crippen LogP contribution in [-0.2, 0) is 17.4 Å². The third-order valence-electron chi connectivity index (χ3n) is 3.08. The molecular formula is C16H13F4NO. The van der Waals surface area contributed by atoms with E-state index in [1.807, 2.05) is 0 Å². The summed E-state index contributed by atoms with van der Waals surface area (Å²) in [7, 11) is 0. The van der Waals surface area contributed by atoms with Gasteiger partial charge >= 0.3 is 6.18 Å². The molecule has 116 valence electrons. The van der Waals surface area contributed by atoms with Gasteiger partial charge in [-0.2, -0.15) is 13.2 Å². The van der Waals surface area contributed by atoms with E-state index in [4.69, 9.17) is 0 Å². The van der Waals surface area contributed by atoms with Crippen LogP contribution in [0.15, 0.2) is 42.5 Å². The Labute approximate surface area is 124 Å². The Kier molecular flexibility index (Phi) is 4.49. The van der Waals surface area contributed by atoms with E-state index in [2.05, 4.69) is 5.32 Å². The Morgan fingerprint density at radius 2 is 1.86 bits per heavy atom. The molecular weight excluding hydrogens is 298 g/mol. The highest BCUT2D eigenvalue weighted by molar-refractivity contribution is 5.92. The van der Waals surface area contributed by atoms with Gasteiger partial charge in [0.15, 0.2) is 0 Å². The highest BCUT2D eigenvalue weighted by Crippen LogP contribution is 2.29. The molecule has 0 aliphatic rings. The number of anilines is 1. The number of hydrogen-bond donors (Lipinski definition) is 1. The fraction of sp³-hybridized carbons (Fsp3) is 0.188. The fourth-order valence-corrected chi connectivity index (χ4v) is 2.00. The number of halogens is 4. The molecule has 0 bridgehead atoms. The van der Waals surface area contributed by atoms with Gasteiger partial charge in [-0.1, -0.05) is 18.2 Å². The number of aryl methyl sites for hydroxylation is 1. The lowest BCUT2D eigenvalue weighted by Crippen LogP contribution is -2.16. The predicted molar refractivity (Wildman–Crippen MR) is 74.9 cm³/mol. The van der Waals surface area contributed by atoms with Crippen LogP contribution in [0.5, 0.6) is 0 Å². The van der Waals surface area contributed by atoms with E-state index in [-0.39, 0.29) is 12.0 Å². The van der Waals surface area contributed by atoms with Crippen molar-refractivity contribution in [3.05, 3.63) is 65.0 Å². The fourth-order valence-electron chi connectivity index (χ4n) is 2.00. The summed E-state index contributed by atoms with van der Waals surface area (Å²) < 4.78 is 50.8. The number of benzene rings is 2. The second kappa shape index (κ2) is 6.17. The number of carbonyl (C=O) groups is 1. The van der Waals surface area contributed by atoms with E-state index < -0.39 is 23.5 Å². The number of carbonyl (C=O) groups excluding carboxylic acids is 1. The molecule has 22 heavy (non-hydrogen) atoms. The van der Waals surface area contributed by atoms with Crippen molar-refractivity contribution in [2.45, 2.75) is 19.5 Å². The van der Waals surface area contributed by atoms with Gasteiger partial charge in [-0.05, 0) is 42.3 Å². The molecule has 1 amide bonds. The zero-order chi connectivity index (χ0) is 16.3. The van der Waals surface area contributed by atoms with Crippen LogP contribution in [0.3, 0.4) is 0 Å². The van der Waals surface area contributed by atoms with E-state index in [1.54, 1.807) is 6.92 Å². The molecule has 2 rings (SSSR count). The summed E-state index contributed by atoms with van der Waals surface area (Å²) >= 11 is 0. The van der Waals surface area contributed by atoms with Gasteiger partial charge in [0, 0.05) is 5.69 Å². The molecule has 1 N–H and O–H groups in total. The average Bonchev–Trinajstić information content (AvgIpc) is 2.41. The summed E-state index contributed by atoms with van der Waals surface area (Å²) in [5.74, 6) is -0.887. The number of alkyl halides is 3. The maximum Gasteiger partial charge on any atom is 0.416 e. The number of amides is 1. The molecule has 0 saturated heterocycles. The van der Waals surface area contributed by atoms with Crippen LogP contribution in [0, 0.1) is 12.7 Å². The number of nitrogens with one attached hydrogen (secondary N) is 1. The van der Waals surface area contributed by atoms with Gasteiger partial charge in [0.1, 0.15) is 5.82 Å². The van der Waals surface area contributed by atoms with E-state index in [9.17, 15) is 22.4 Å². The van der Waals surface area contributed by atoms with Crippen molar-refractivity contribution in [1.29, 1.82) is 0 Å². The molecule has 0 aliphatic heterocycles. The first-order valence-corrected chi connectivity index (χ1v) is 6.48. The van der Waals surface area contributed by atoms with Crippen LogP contribution < -0.4 is 5.32 Å². The predicted octanol–water partition coefficient (Wildman–Crippen LogP) is 4.33. The maximum absolute atomic E-state index is 13.0. The van der Waals surface area contributed by atoms with Gasteiger partial charge in [0.25, 0.3) is 0 Å². The molecule has 2 aromatic carbocycles. The summed E-state index contributed by atoms with van der Waals surface area (Å²) in [4.78, 5) is 11.9. The second-order valence-corrected chi connectivity index (χ2v) is 4.88. The van der Waals surface area contributed by atoms with E-state index in [1.165, 1.54) is 30.3 Å². The van der Waals surface area contributed by atoms with E-state index >= 15 is 0 Å². The summed E-state index contributed by atoms with van der Waals surface area (Å²) in [6.45, 7) is 1.63. The molecule has 0 unspecified atom stereocenters. The maximum atomic E-state index is 13.0. The third-order valence-corrected chi connectivity index (χ3v) is 3.08. The van der Waals surface area contributed by atoms with Crippen molar-refractivity contribution >= 4 is 11.6 Å². The quantitative estimate of drug-likeness (QED) is 0.840. The summed E-state index contributed by atoms with van der Waals surface area (Å²) in [6.07, 6.45) is -4.64. The Hall–Kier alpha value is -2.37. The van der Waals surface area contributed by atoms with Crippen molar-refractivity contribution in [3.8, 4) is 0 Å². The standard InChI is InChI=1S/C16H13F4NO/c1-10-7-13(17)5-6-14(10)21-15(22)9-11-3-2-4-12(8-11)16(18,19)20/h2-8H,9H2,1H3,(H,21,22). The van der Waals surface area contributed by atoms with Gasteiger partial charge in [0.05, 0.1) is 12.0 Å². The van der Waals surface area contributed by atoms with E-state index in [0.717, 1.165) is 12.1 Å². The van der Waals surface area contributed by atoms with Crippen molar-refractivity contribution in [2.75, 3.05) is 5.32 Å². The minimum Gasteiger partial charge on any atom is -0.326 e. The molecule has 0 fully saturated rings. The zero-order valence-electron chi connectivity index (χ0n) is 11.7. The molecule has 2 aromatic rings. The van der Waals surface area contributed by atoms with Gasteiger partial charge in [-0.3, -0.25) is 4.79 Å². The van der Waals surface area contributed by atoms with Crippen molar-refractivity contribution in [1.82, 2.24) is 0 Å². The lowest BCUT2D eigenvalue weighted by atomic mass is 10.1. The number of hydrogen-bond acceptors (Lipinski definition) is 1. The molecule has 0 aromatic heterocycles. The molecule has 0 aliphatic carbocycles. The van der Waals surface area contributed by atoms with Crippen LogP contribution >= 0.6 is 0 Å². The minimum atomic E-state index is -4.44. The Morgan fingerprint density at radius 3 is 2.50 bits per heavy atom. The first-order valence-electron chi connectivity index (χ1n) is 6.48. The lowest BCUT2D eigenvalue weighted by molar-refractivity contribution is -0.137. The summed E-state index contributed by atoms with van der Waals surface area (Å²) in [6, 6.07) is 8.48. The Bertz CT molecular complexity index is 695. The topological polar surface area (TPSA) is 29.1 Å². The van der Waals surface area contributed by atoms with Gasteiger partial charge in [0.2, 0.25) is 5.91 Å². The first kappa shape index (κ1) is 16.0. The van der Waals surface area contributed by atoms with Gasteiger partial charge in [-0.25, -0.2) is 4.39 Å². The SMILES string of the molecule is Cc1cc(F)ccc1NC(=O)Cc1cccc(C(F)(F)F)c1. The van der Waals surface area contributed by atoms with Crippen LogP contribution in [-0.4, -0.2) is 5.91 Å². The van der Waals surface area contributed by atoms with Crippen LogP contribution in [0.2, 0.25) is 0 Å². The van der Waals surface area contributed by atoms with E-state index in [0.29, 0.717) is 11.3 Å². The van der Waals surface area contributed by atoms with Crippen molar-refractivity contribution < 1.29 is 22.4 Å². The molecule has 2 nitrogen and oxygen atoms in total. The van der Waals surface area contributed by atoms with Crippen molar-refractivity contribution in [3.63, 3.8) is 0 Å². The summed E-state index contributed by atoms with van der Waals surface area (Å²) in [5, 5.41) is 2.56. The third kappa shape index (κ3) is 4.07. The van der Waals surface area contributed by atoms with Crippen LogP contribution in [0.1, 0.15) is 16.7 Å². The zero-order valence-corrected chi connectivity index (χ0v) is 11.7. The molecule has 0 spiro atoms. The minimum absolute atomic E-state index is 0.194. The molecule has 0 heterocycles. The normalized spacial score (nSPS) is 11.3. The average molecular weight is 311 g/mol. The number of rotatable bonds is 3. The molecule has 6 heteroatoms. The summed E-state index contributed by atoms with van der Waals surface area (Å²) in [5.41, 5.74) is 0.429. The largest absolute Gasteiger partial charge is 0.416 e. The van der Waals surface area contributed by atoms with Crippen LogP contribution in [0.25, 0.3) is 0 Å². The van der Waals surface area contributed by atoms with Crippen LogP contribution in [0.4, 0.5) is 23.2 Å². The first-order chi connectivity index (χ1) is 10.3. The molecule has 0 radical (unpaired) electrons. The van der Waals surface area contributed by atoms with Gasteiger partial charge in [-0.15, -0.1) is 0 Å². The van der Waals surface area contributed by atoms with Crippen molar-refractivity contribution in [2.24, 2.45) is 0 Å². The second-order valence-electron chi connectivity index (χ2n) is 4.88. The monoisotopic (exact) mass is 311 g/mol. The highest BCUT2D eigenvalue weighted by atomic mass is 19.4. The Balaban J connectivity index is 2.09. The highest BCUT2D eigenvalue weighted by Gasteiger charge is 2.30. The smallest absolute Gasteiger partial charge is 0.326 e. The Morgan fingerprint density at radius 1 is 1.14 bits per heavy atom. The lowest BCUT2D eigenvalue weighted by Gasteiger charge is -2.10.